The van der Waals surface area contributed by atoms with E-state index in [0.29, 0.717) is 17.9 Å². The van der Waals surface area contributed by atoms with Gasteiger partial charge in [0.1, 0.15) is 5.82 Å². The molecule has 4 aromatic rings. The second-order valence-electron chi connectivity index (χ2n) is 9.61. The first kappa shape index (κ1) is 25.1. The molecule has 0 N–H and O–H groups in total. The zero-order valence-electron chi connectivity index (χ0n) is 21.6. The van der Waals surface area contributed by atoms with Crippen LogP contribution in [0, 0.1) is 18.3 Å². The number of nitrogens with zero attached hydrogens (tertiary/aromatic N) is 3. The molecule has 0 aliphatic carbocycles. The average molecular weight is 476 g/mol. The van der Waals surface area contributed by atoms with Crippen LogP contribution in [0.1, 0.15) is 73.3 Å². The fourth-order valence-corrected chi connectivity index (χ4v) is 4.61. The number of unbranched alkanes of at least 4 members (excludes halogenated alkanes) is 1. The predicted octanol–water partition coefficient (Wildman–Crippen LogP) is 7.14. The van der Waals surface area contributed by atoms with Gasteiger partial charge in [-0.25, -0.2) is 4.98 Å². The predicted molar refractivity (Wildman–Crippen MR) is 147 cm³/mol. The van der Waals surface area contributed by atoms with Crippen molar-refractivity contribution in [1.29, 1.82) is 5.26 Å². The molecule has 0 radical (unpaired) electrons. The van der Waals surface area contributed by atoms with Crippen LogP contribution in [0.3, 0.4) is 0 Å². The lowest BCUT2D eigenvalue weighted by Crippen LogP contribution is -2.28. The average Bonchev–Trinajstić information content (AvgIpc) is 2.89. The molecular formula is C32H33N3O. The molecule has 0 aliphatic rings. The van der Waals surface area contributed by atoms with Gasteiger partial charge in [0.05, 0.1) is 23.0 Å². The number of hydrogen-bond acceptors (Lipinski definition) is 3. The van der Waals surface area contributed by atoms with E-state index < -0.39 is 0 Å². The van der Waals surface area contributed by atoms with E-state index in [1.165, 1.54) is 5.56 Å². The van der Waals surface area contributed by atoms with Crippen LogP contribution in [0.2, 0.25) is 0 Å². The van der Waals surface area contributed by atoms with Gasteiger partial charge in [0.25, 0.3) is 5.56 Å². The Labute approximate surface area is 213 Å². The Kier molecular flexibility index (Phi) is 7.80. The molecule has 0 fully saturated rings. The summed E-state index contributed by atoms with van der Waals surface area (Å²) in [4.78, 5) is 18.9. The van der Waals surface area contributed by atoms with Crippen molar-refractivity contribution < 1.29 is 0 Å². The number of aryl methyl sites for hydroxylation is 2. The zero-order valence-corrected chi connectivity index (χ0v) is 21.6. The number of aromatic nitrogens is 2. The third-order valence-electron chi connectivity index (χ3n) is 6.69. The molecule has 0 saturated heterocycles. The molecule has 0 saturated carbocycles. The van der Waals surface area contributed by atoms with Gasteiger partial charge in [0.2, 0.25) is 0 Å². The first-order chi connectivity index (χ1) is 17.4. The number of benzene rings is 3. The number of rotatable bonds is 8. The molecule has 0 spiro atoms. The quantitative estimate of drug-likeness (QED) is 0.272. The fraction of sp³-hybridized carbons (Fsp3) is 0.281. The summed E-state index contributed by atoms with van der Waals surface area (Å²) < 4.78 is 1.76. The molecule has 4 heteroatoms. The molecule has 1 aromatic heterocycles. The largest absolute Gasteiger partial charge is 0.269 e. The van der Waals surface area contributed by atoms with Gasteiger partial charge in [0.15, 0.2) is 0 Å². The van der Waals surface area contributed by atoms with E-state index in [9.17, 15) is 10.1 Å². The van der Waals surface area contributed by atoms with Gasteiger partial charge in [-0.1, -0.05) is 81.8 Å². The standard InChI is InChI=1S/C32H33N3O/c1-5-6-14-31-30(19-24-15-17-25(18-16-24)29-13-8-7-10-27(29)21-33)32(36)35(23(4)34-31)28-12-9-11-26(20-28)22(2)3/h7-13,15-18,20,22H,5-6,14,19H2,1-4H3. The third-order valence-corrected chi connectivity index (χ3v) is 6.69. The summed E-state index contributed by atoms with van der Waals surface area (Å²) in [6.45, 7) is 8.39. The van der Waals surface area contributed by atoms with Crippen LogP contribution in [0.25, 0.3) is 16.8 Å². The number of hydrogen-bond donors (Lipinski definition) is 0. The Hall–Kier alpha value is -3.97. The molecule has 4 nitrogen and oxygen atoms in total. The molecule has 182 valence electrons. The monoisotopic (exact) mass is 475 g/mol. The van der Waals surface area contributed by atoms with Gasteiger partial charge in [-0.05, 0) is 66.1 Å². The summed E-state index contributed by atoms with van der Waals surface area (Å²) >= 11 is 0. The SMILES string of the molecule is CCCCc1nc(C)n(-c2cccc(C(C)C)c2)c(=O)c1Cc1ccc(-c2ccccc2C#N)cc1. The Balaban J connectivity index is 1.76. The molecular weight excluding hydrogens is 442 g/mol. The first-order valence-corrected chi connectivity index (χ1v) is 12.7. The van der Waals surface area contributed by atoms with Gasteiger partial charge in [-0.2, -0.15) is 5.26 Å². The lowest BCUT2D eigenvalue weighted by Gasteiger charge is -2.17. The molecule has 0 unspecified atom stereocenters. The van der Waals surface area contributed by atoms with E-state index in [4.69, 9.17) is 4.98 Å². The molecule has 3 aromatic carbocycles. The Morgan fingerprint density at radius 1 is 1.00 bits per heavy atom. The van der Waals surface area contributed by atoms with Gasteiger partial charge in [-0.3, -0.25) is 9.36 Å². The van der Waals surface area contributed by atoms with E-state index in [1.54, 1.807) is 4.57 Å². The Bertz CT molecular complexity index is 1460. The Morgan fingerprint density at radius 2 is 1.75 bits per heavy atom. The van der Waals surface area contributed by atoms with Crippen LogP contribution in [0.5, 0.6) is 0 Å². The van der Waals surface area contributed by atoms with Gasteiger partial charge in [-0.15, -0.1) is 0 Å². The third kappa shape index (κ3) is 5.31. The smallest absolute Gasteiger partial charge is 0.261 e. The van der Waals surface area contributed by atoms with Crippen molar-refractivity contribution in [2.24, 2.45) is 0 Å². The van der Waals surface area contributed by atoms with E-state index in [1.807, 2.05) is 55.5 Å². The first-order valence-electron chi connectivity index (χ1n) is 12.7. The highest BCUT2D eigenvalue weighted by atomic mass is 16.1. The second-order valence-corrected chi connectivity index (χ2v) is 9.61. The summed E-state index contributed by atoms with van der Waals surface area (Å²) in [5.74, 6) is 1.10. The molecule has 0 bridgehead atoms. The lowest BCUT2D eigenvalue weighted by molar-refractivity contribution is 0.733. The maximum Gasteiger partial charge on any atom is 0.261 e. The van der Waals surface area contributed by atoms with Crippen LogP contribution < -0.4 is 5.56 Å². The van der Waals surface area contributed by atoms with Crippen LogP contribution in [0.4, 0.5) is 0 Å². The van der Waals surface area contributed by atoms with E-state index in [2.05, 4.69) is 51.1 Å². The molecule has 1 heterocycles. The van der Waals surface area contributed by atoms with Crippen molar-refractivity contribution in [1.82, 2.24) is 9.55 Å². The molecule has 0 aliphatic heterocycles. The fourth-order valence-electron chi connectivity index (χ4n) is 4.61. The van der Waals surface area contributed by atoms with E-state index in [-0.39, 0.29) is 5.56 Å². The summed E-state index contributed by atoms with van der Waals surface area (Å²) in [6, 6.07) is 26.2. The highest BCUT2D eigenvalue weighted by molar-refractivity contribution is 5.70. The summed E-state index contributed by atoms with van der Waals surface area (Å²) in [5.41, 5.74) is 7.34. The second kappa shape index (κ2) is 11.2. The van der Waals surface area contributed by atoms with Crippen molar-refractivity contribution in [3.05, 3.63) is 117 Å². The van der Waals surface area contributed by atoms with Crippen LogP contribution >= 0.6 is 0 Å². The van der Waals surface area contributed by atoms with Crippen molar-refractivity contribution >= 4 is 0 Å². The minimum absolute atomic E-state index is 0.00779. The summed E-state index contributed by atoms with van der Waals surface area (Å²) in [7, 11) is 0. The number of nitriles is 1. The summed E-state index contributed by atoms with van der Waals surface area (Å²) in [5, 5.41) is 9.46. The summed E-state index contributed by atoms with van der Waals surface area (Å²) in [6.07, 6.45) is 3.36. The lowest BCUT2D eigenvalue weighted by atomic mass is 9.96. The maximum absolute atomic E-state index is 13.9. The van der Waals surface area contributed by atoms with E-state index >= 15 is 0 Å². The van der Waals surface area contributed by atoms with Crippen LogP contribution in [-0.4, -0.2) is 9.55 Å². The van der Waals surface area contributed by atoms with Crippen molar-refractivity contribution in [2.45, 2.75) is 59.3 Å². The van der Waals surface area contributed by atoms with Gasteiger partial charge in [0, 0.05) is 12.0 Å². The minimum atomic E-state index is 0.00779. The van der Waals surface area contributed by atoms with E-state index in [0.717, 1.165) is 58.7 Å². The molecule has 4 rings (SSSR count). The highest BCUT2D eigenvalue weighted by Crippen LogP contribution is 2.25. The minimum Gasteiger partial charge on any atom is -0.269 e. The van der Waals surface area contributed by atoms with Gasteiger partial charge >= 0.3 is 0 Å². The highest BCUT2D eigenvalue weighted by Gasteiger charge is 2.17. The van der Waals surface area contributed by atoms with Gasteiger partial charge < -0.3 is 0 Å². The maximum atomic E-state index is 13.9. The molecule has 0 atom stereocenters. The molecule has 0 amide bonds. The zero-order chi connectivity index (χ0) is 25.7. The topological polar surface area (TPSA) is 58.7 Å². The Morgan fingerprint density at radius 3 is 2.44 bits per heavy atom. The van der Waals surface area contributed by atoms with Crippen molar-refractivity contribution in [2.75, 3.05) is 0 Å². The van der Waals surface area contributed by atoms with Crippen molar-refractivity contribution in [3.63, 3.8) is 0 Å². The van der Waals surface area contributed by atoms with Crippen molar-refractivity contribution in [3.8, 4) is 22.9 Å². The van der Waals surface area contributed by atoms with Crippen LogP contribution in [-0.2, 0) is 12.8 Å². The van der Waals surface area contributed by atoms with Crippen LogP contribution in [0.15, 0.2) is 77.6 Å². The normalized spacial score (nSPS) is 11.0. The molecule has 36 heavy (non-hydrogen) atoms.